The Morgan fingerprint density at radius 2 is 1.92 bits per heavy atom. The lowest BCUT2D eigenvalue weighted by Crippen LogP contribution is -2.35. The zero-order valence-corrected chi connectivity index (χ0v) is 13.7. The van der Waals surface area contributed by atoms with Crippen LogP contribution in [0.25, 0.3) is 10.9 Å². The topological polar surface area (TPSA) is 71.6 Å². The molecule has 1 aromatic carbocycles. The molecule has 3 heterocycles. The molecule has 0 aliphatic carbocycles. The second-order valence-electron chi connectivity index (χ2n) is 6.43. The summed E-state index contributed by atoms with van der Waals surface area (Å²) in [5.74, 6) is -1.75. The molecule has 2 aromatic rings. The van der Waals surface area contributed by atoms with E-state index in [0.29, 0.717) is 6.54 Å². The lowest BCUT2D eigenvalue weighted by molar-refractivity contribution is -0.156. The molecule has 24 heavy (non-hydrogen) atoms. The number of fused-ring (bicyclic) bond motifs is 5. The number of H-pyrrole nitrogens is 1. The Kier molecular flexibility index (Phi) is 3.57. The molecule has 6 heteroatoms. The summed E-state index contributed by atoms with van der Waals surface area (Å²) in [6.07, 6.45) is 0.900. The number of nitrogens with zero attached hydrogens (tertiary/aromatic N) is 1. The van der Waals surface area contributed by atoms with Gasteiger partial charge in [0.1, 0.15) is 0 Å². The van der Waals surface area contributed by atoms with Crippen LogP contribution in [0.5, 0.6) is 0 Å². The summed E-state index contributed by atoms with van der Waals surface area (Å²) in [5.41, 5.74) is 3.34. The molecule has 1 aromatic heterocycles. The Balaban J connectivity index is 1.84. The number of ether oxygens (including phenoxy) is 2. The Labute approximate surface area is 139 Å². The number of rotatable bonds is 2. The number of hydrogen-bond acceptors (Lipinski definition) is 5. The fourth-order valence-electron chi connectivity index (χ4n) is 4.32. The van der Waals surface area contributed by atoms with E-state index in [1.807, 2.05) is 18.2 Å². The van der Waals surface area contributed by atoms with Gasteiger partial charge in [-0.25, -0.2) is 0 Å². The summed E-state index contributed by atoms with van der Waals surface area (Å²) in [4.78, 5) is 30.3. The van der Waals surface area contributed by atoms with Crippen LogP contribution in [0, 0.1) is 11.8 Å². The van der Waals surface area contributed by atoms with Crippen LogP contribution in [0.3, 0.4) is 0 Å². The first kappa shape index (κ1) is 15.2. The van der Waals surface area contributed by atoms with Crippen LogP contribution in [-0.2, 0) is 25.5 Å². The van der Waals surface area contributed by atoms with Crippen molar-refractivity contribution in [1.82, 2.24) is 9.88 Å². The highest BCUT2D eigenvalue weighted by atomic mass is 16.5. The van der Waals surface area contributed by atoms with Crippen LogP contribution in [0.1, 0.15) is 17.3 Å². The van der Waals surface area contributed by atoms with Gasteiger partial charge in [-0.15, -0.1) is 0 Å². The second kappa shape index (κ2) is 5.63. The van der Waals surface area contributed by atoms with E-state index in [4.69, 9.17) is 9.47 Å². The molecule has 126 valence electrons. The number of benzene rings is 1. The first-order valence-electron chi connectivity index (χ1n) is 8.15. The lowest BCUT2D eigenvalue weighted by Gasteiger charge is -2.31. The minimum Gasteiger partial charge on any atom is -0.469 e. The van der Waals surface area contributed by atoms with Crippen molar-refractivity contribution in [2.75, 3.05) is 27.3 Å². The highest BCUT2D eigenvalue weighted by molar-refractivity contribution is 5.87. The van der Waals surface area contributed by atoms with E-state index in [-0.39, 0.29) is 18.0 Å². The summed E-state index contributed by atoms with van der Waals surface area (Å²) in [5, 5.41) is 1.19. The van der Waals surface area contributed by atoms with Gasteiger partial charge in [0.05, 0.1) is 32.1 Å². The molecule has 0 spiro atoms. The standard InChI is InChI=1S/C18H20N2O4/c1-23-17(21)12-9-20-8-7-11-10-5-3-4-6-13(10)19-15(11)16(20)14(12)18(22)24-2/h3-6,12,14,16,19H,7-9H2,1-2H3/t12-,14+,16+/m0/s1. The number of methoxy groups -OCH3 is 2. The highest BCUT2D eigenvalue weighted by Gasteiger charge is 2.53. The number of hydrogen-bond donors (Lipinski definition) is 1. The van der Waals surface area contributed by atoms with Gasteiger partial charge in [-0.05, 0) is 18.1 Å². The Morgan fingerprint density at radius 1 is 1.17 bits per heavy atom. The van der Waals surface area contributed by atoms with Crippen LogP contribution in [0.4, 0.5) is 0 Å². The Bertz CT molecular complexity index is 812. The molecule has 2 aliphatic heterocycles. The van der Waals surface area contributed by atoms with Gasteiger partial charge in [0, 0.05) is 29.7 Å². The monoisotopic (exact) mass is 328 g/mol. The molecule has 1 saturated heterocycles. The minimum atomic E-state index is -0.547. The first-order valence-corrected chi connectivity index (χ1v) is 8.15. The number of carbonyl (C=O) groups excluding carboxylic acids is 2. The molecule has 0 bridgehead atoms. The maximum atomic E-state index is 12.5. The van der Waals surface area contributed by atoms with E-state index in [9.17, 15) is 9.59 Å². The quantitative estimate of drug-likeness (QED) is 0.849. The van der Waals surface area contributed by atoms with Gasteiger partial charge in [-0.3, -0.25) is 14.5 Å². The van der Waals surface area contributed by atoms with Gasteiger partial charge in [-0.1, -0.05) is 18.2 Å². The molecule has 3 atom stereocenters. The third kappa shape index (κ3) is 2.06. The SMILES string of the molecule is COC(=O)[C@@H]1[C@@H](C(=O)OC)CN2CCc3c([nH]c4ccccc34)[C@@H]12. The van der Waals surface area contributed by atoms with Crippen molar-refractivity contribution in [1.29, 1.82) is 0 Å². The minimum absolute atomic E-state index is 0.169. The number of aromatic amines is 1. The van der Waals surface area contributed by atoms with Crippen molar-refractivity contribution in [3.63, 3.8) is 0 Å². The summed E-state index contributed by atoms with van der Waals surface area (Å²) in [7, 11) is 2.73. The zero-order chi connectivity index (χ0) is 16.8. The predicted molar refractivity (Wildman–Crippen MR) is 87.3 cm³/mol. The average molecular weight is 328 g/mol. The molecule has 0 saturated carbocycles. The largest absolute Gasteiger partial charge is 0.469 e. The predicted octanol–water partition coefficient (Wildman–Crippen LogP) is 1.66. The summed E-state index contributed by atoms with van der Waals surface area (Å²) in [6.45, 7) is 1.34. The number of para-hydroxylation sites is 1. The van der Waals surface area contributed by atoms with Gasteiger partial charge >= 0.3 is 11.9 Å². The lowest BCUT2D eigenvalue weighted by atomic mass is 9.86. The zero-order valence-electron chi connectivity index (χ0n) is 13.7. The molecule has 6 nitrogen and oxygen atoms in total. The van der Waals surface area contributed by atoms with Crippen LogP contribution in [0.15, 0.2) is 24.3 Å². The number of nitrogens with one attached hydrogen (secondary N) is 1. The molecule has 2 aliphatic rings. The molecular formula is C18H20N2O4. The van der Waals surface area contributed by atoms with Gasteiger partial charge in [0.2, 0.25) is 0 Å². The van der Waals surface area contributed by atoms with Crippen LogP contribution < -0.4 is 0 Å². The van der Waals surface area contributed by atoms with Crippen molar-refractivity contribution in [3.05, 3.63) is 35.5 Å². The fraction of sp³-hybridized carbons (Fsp3) is 0.444. The molecule has 0 amide bonds. The summed E-state index contributed by atoms with van der Waals surface area (Å²) in [6, 6.07) is 7.98. The van der Waals surface area contributed by atoms with E-state index in [0.717, 1.165) is 24.2 Å². The normalized spacial score (nSPS) is 26.0. The van der Waals surface area contributed by atoms with Crippen molar-refractivity contribution < 1.29 is 19.1 Å². The Hall–Kier alpha value is -2.34. The van der Waals surface area contributed by atoms with Crippen molar-refractivity contribution in [3.8, 4) is 0 Å². The maximum Gasteiger partial charge on any atom is 0.311 e. The van der Waals surface area contributed by atoms with Gasteiger partial charge in [0.25, 0.3) is 0 Å². The average Bonchev–Trinajstić information content (AvgIpc) is 3.18. The maximum absolute atomic E-state index is 12.5. The molecule has 1 N–H and O–H groups in total. The smallest absolute Gasteiger partial charge is 0.311 e. The number of carbonyl (C=O) groups is 2. The van der Waals surface area contributed by atoms with Crippen LogP contribution in [0.2, 0.25) is 0 Å². The van der Waals surface area contributed by atoms with Gasteiger partial charge in [0.15, 0.2) is 0 Å². The summed E-state index contributed by atoms with van der Waals surface area (Å²) < 4.78 is 9.94. The molecular weight excluding hydrogens is 308 g/mol. The molecule has 0 unspecified atom stereocenters. The van der Waals surface area contributed by atoms with E-state index in [1.165, 1.54) is 25.2 Å². The van der Waals surface area contributed by atoms with Crippen molar-refractivity contribution >= 4 is 22.8 Å². The summed E-state index contributed by atoms with van der Waals surface area (Å²) >= 11 is 0. The van der Waals surface area contributed by atoms with E-state index in [2.05, 4.69) is 16.0 Å². The Morgan fingerprint density at radius 3 is 2.67 bits per heavy atom. The molecule has 4 rings (SSSR count). The van der Waals surface area contributed by atoms with Crippen molar-refractivity contribution in [2.45, 2.75) is 12.5 Å². The third-order valence-corrected chi connectivity index (χ3v) is 5.37. The highest BCUT2D eigenvalue weighted by Crippen LogP contribution is 2.46. The second-order valence-corrected chi connectivity index (χ2v) is 6.43. The van der Waals surface area contributed by atoms with Crippen LogP contribution in [-0.4, -0.2) is 49.1 Å². The van der Waals surface area contributed by atoms with Gasteiger partial charge in [-0.2, -0.15) is 0 Å². The number of aromatic nitrogens is 1. The van der Waals surface area contributed by atoms with E-state index < -0.39 is 11.8 Å². The van der Waals surface area contributed by atoms with E-state index in [1.54, 1.807) is 0 Å². The van der Waals surface area contributed by atoms with Gasteiger partial charge < -0.3 is 14.5 Å². The molecule has 1 fully saturated rings. The molecule has 0 radical (unpaired) electrons. The first-order chi connectivity index (χ1) is 11.7. The fourth-order valence-corrected chi connectivity index (χ4v) is 4.32. The number of esters is 2. The van der Waals surface area contributed by atoms with E-state index >= 15 is 0 Å². The third-order valence-electron chi connectivity index (χ3n) is 5.37. The van der Waals surface area contributed by atoms with Crippen molar-refractivity contribution in [2.24, 2.45) is 11.8 Å². The van der Waals surface area contributed by atoms with Crippen LogP contribution >= 0.6 is 0 Å².